The molecule has 82 valence electrons. The van der Waals surface area contributed by atoms with Gasteiger partial charge in [0.2, 0.25) is 0 Å². The van der Waals surface area contributed by atoms with Crippen molar-refractivity contribution >= 4 is 29.2 Å². The first-order chi connectivity index (χ1) is 7.08. The van der Waals surface area contributed by atoms with Crippen LogP contribution < -0.4 is 0 Å². The number of esters is 1. The molecule has 4 heteroatoms. The minimum absolute atomic E-state index is 0.208. The van der Waals surface area contributed by atoms with Crippen molar-refractivity contribution < 1.29 is 9.53 Å². The van der Waals surface area contributed by atoms with E-state index in [1.54, 1.807) is 0 Å². The number of halogens is 2. The number of hydrogen-bond donors (Lipinski definition) is 0. The van der Waals surface area contributed by atoms with Crippen LogP contribution in [-0.2, 0) is 21.8 Å². The number of rotatable bonds is 3. The van der Waals surface area contributed by atoms with E-state index >= 15 is 0 Å². The number of ether oxygens (including phenoxy) is 1. The van der Waals surface area contributed by atoms with E-state index in [-0.39, 0.29) is 12.4 Å². The molecule has 0 aliphatic heterocycles. The molecule has 15 heavy (non-hydrogen) atoms. The molecule has 1 aromatic rings. The largest absolute Gasteiger partial charge is 0.469 e. The molecule has 0 atom stereocenters. The number of hydrogen-bond acceptors (Lipinski definition) is 2. The van der Waals surface area contributed by atoms with Crippen molar-refractivity contribution in [3.05, 3.63) is 33.8 Å². The summed E-state index contributed by atoms with van der Waals surface area (Å²) in [4.78, 5) is 11.2. The standard InChI is InChI=1S/C11H12Cl2O2/c1-7-3-8(5-11(14)15-2)9(6-12)10(13)4-7/h3-4H,5-6H2,1-2H3. The second-order valence-corrected chi connectivity index (χ2v) is 3.95. The molecule has 0 saturated carbocycles. The van der Waals surface area contributed by atoms with E-state index < -0.39 is 0 Å². The quantitative estimate of drug-likeness (QED) is 0.606. The predicted octanol–water partition coefficient (Wildman–Crippen LogP) is 3.10. The number of carbonyl (C=O) groups is 1. The summed E-state index contributed by atoms with van der Waals surface area (Å²) in [5.41, 5.74) is 2.64. The van der Waals surface area contributed by atoms with Gasteiger partial charge in [-0.1, -0.05) is 17.7 Å². The van der Waals surface area contributed by atoms with E-state index in [9.17, 15) is 4.79 Å². The number of benzene rings is 1. The van der Waals surface area contributed by atoms with E-state index in [0.29, 0.717) is 10.9 Å². The lowest BCUT2D eigenvalue weighted by atomic mass is 10.0. The van der Waals surface area contributed by atoms with E-state index in [2.05, 4.69) is 4.74 Å². The van der Waals surface area contributed by atoms with E-state index in [1.807, 2.05) is 19.1 Å². The fourth-order valence-electron chi connectivity index (χ4n) is 1.38. The van der Waals surface area contributed by atoms with Crippen LogP contribution in [0.15, 0.2) is 12.1 Å². The summed E-state index contributed by atoms with van der Waals surface area (Å²) in [7, 11) is 1.36. The Kier molecular flexibility index (Phi) is 4.43. The lowest BCUT2D eigenvalue weighted by molar-refractivity contribution is -0.139. The number of alkyl halides is 1. The van der Waals surface area contributed by atoms with E-state index in [1.165, 1.54) is 7.11 Å². The highest BCUT2D eigenvalue weighted by Crippen LogP contribution is 2.24. The van der Waals surface area contributed by atoms with Crippen LogP contribution in [-0.4, -0.2) is 13.1 Å². The molecule has 1 aromatic carbocycles. The highest BCUT2D eigenvalue weighted by Gasteiger charge is 2.11. The summed E-state index contributed by atoms with van der Waals surface area (Å²) in [6, 6.07) is 3.74. The van der Waals surface area contributed by atoms with Crippen molar-refractivity contribution in [3.8, 4) is 0 Å². The molecule has 0 radical (unpaired) electrons. The molecule has 0 spiro atoms. The maximum absolute atomic E-state index is 11.2. The summed E-state index contributed by atoms with van der Waals surface area (Å²) in [5, 5.41) is 0.601. The minimum atomic E-state index is -0.289. The van der Waals surface area contributed by atoms with Crippen molar-refractivity contribution in [1.29, 1.82) is 0 Å². The predicted molar refractivity (Wildman–Crippen MR) is 61.5 cm³/mol. The summed E-state index contributed by atoms with van der Waals surface area (Å²) >= 11 is 11.8. The minimum Gasteiger partial charge on any atom is -0.469 e. The van der Waals surface area contributed by atoms with Crippen LogP contribution in [0.5, 0.6) is 0 Å². The molecule has 0 saturated heterocycles. The Hall–Kier alpha value is -0.730. The monoisotopic (exact) mass is 246 g/mol. The first-order valence-electron chi connectivity index (χ1n) is 4.49. The molecule has 0 heterocycles. The first kappa shape index (κ1) is 12.3. The lowest BCUT2D eigenvalue weighted by Gasteiger charge is -2.09. The molecule has 0 N–H and O–H groups in total. The van der Waals surface area contributed by atoms with Crippen LogP contribution in [0.2, 0.25) is 5.02 Å². The number of aryl methyl sites for hydroxylation is 1. The zero-order valence-electron chi connectivity index (χ0n) is 8.64. The van der Waals surface area contributed by atoms with Crippen molar-refractivity contribution in [1.82, 2.24) is 0 Å². The Morgan fingerprint density at radius 3 is 2.67 bits per heavy atom. The zero-order chi connectivity index (χ0) is 11.4. The molecule has 2 nitrogen and oxygen atoms in total. The number of methoxy groups -OCH3 is 1. The Morgan fingerprint density at radius 2 is 2.13 bits per heavy atom. The van der Waals surface area contributed by atoms with E-state index in [4.69, 9.17) is 23.2 Å². The van der Waals surface area contributed by atoms with Gasteiger partial charge in [0, 0.05) is 10.9 Å². The summed E-state index contributed by atoms with van der Waals surface area (Å²) in [6.45, 7) is 1.92. The topological polar surface area (TPSA) is 26.3 Å². The maximum Gasteiger partial charge on any atom is 0.309 e. The Balaban J connectivity index is 3.09. The second kappa shape index (κ2) is 5.38. The van der Waals surface area contributed by atoms with Gasteiger partial charge in [0.25, 0.3) is 0 Å². The van der Waals surface area contributed by atoms with Gasteiger partial charge < -0.3 is 4.74 Å². The maximum atomic E-state index is 11.2. The highest BCUT2D eigenvalue weighted by atomic mass is 35.5. The van der Waals surface area contributed by atoms with Gasteiger partial charge >= 0.3 is 5.97 Å². The van der Waals surface area contributed by atoms with Crippen LogP contribution in [0.3, 0.4) is 0 Å². The summed E-state index contributed by atoms with van der Waals surface area (Å²) in [6.07, 6.45) is 0.208. The van der Waals surface area contributed by atoms with E-state index in [0.717, 1.165) is 16.7 Å². The SMILES string of the molecule is COC(=O)Cc1cc(C)cc(Cl)c1CCl. The normalized spacial score (nSPS) is 10.1. The lowest BCUT2D eigenvalue weighted by Crippen LogP contribution is -2.07. The van der Waals surface area contributed by atoms with Crippen LogP contribution in [0.25, 0.3) is 0 Å². The van der Waals surface area contributed by atoms with Crippen molar-refractivity contribution in [3.63, 3.8) is 0 Å². The molecule has 1 rings (SSSR count). The highest BCUT2D eigenvalue weighted by molar-refractivity contribution is 6.32. The third-order valence-corrected chi connectivity index (χ3v) is 2.73. The molecule has 0 aliphatic carbocycles. The van der Waals surface area contributed by atoms with Gasteiger partial charge in [0.1, 0.15) is 0 Å². The summed E-state index contributed by atoms with van der Waals surface area (Å²) < 4.78 is 4.61. The van der Waals surface area contributed by atoms with Crippen molar-refractivity contribution in [2.75, 3.05) is 7.11 Å². The number of carbonyl (C=O) groups excluding carboxylic acids is 1. The van der Waals surface area contributed by atoms with Gasteiger partial charge in [-0.25, -0.2) is 0 Å². The average molecular weight is 247 g/mol. The van der Waals surface area contributed by atoms with Gasteiger partial charge in [-0.05, 0) is 29.7 Å². The third-order valence-electron chi connectivity index (χ3n) is 2.13. The van der Waals surface area contributed by atoms with Crippen molar-refractivity contribution in [2.45, 2.75) is 19.2 Å². The van der Waals surface area contributed by atoms with Crippen LogP contribution in [0.1, 0.15) is 16.7 Å². The molecule has 0 fully saturated rings. The molecular weight excluding hydrogens is 235 g/mol. The van der Waals surface area contributed by atoms with Gasteiger partial charge in [-0.3, -0.25) is 4.79 Å². The van der Waals surface area contributed by atoms with Crippen LogP contribution >= 0.6 is 23.2 Å². The smallest absolute Gasteiger partial charge is 0.309 e. The zero-order valence-corrected chi connectivity index (χ0v) is 10.2. The summed E-state index contributed by atoms with van der Waals surface area (Å²) in [5.74, 6) is 0.00821. The fraction of sp³-hybridized carbons (Fsp3) is 0.364. The Morgan fingerprint density at radius 1 is 1.47 bits per heavy atom. The molecule has 0 aliphatic rings. The van der Waals surface area contributed by atoms with Gasteiger partial charge in [0.15, 0.2) is 0 Å². The molecular formula is C11H12Cl2O2. The average Bonchev–Trinajstić information content (AvgIpc) is 2.17. The molecule has 0 bridgehead atoms. The third kappa shape index (κ3) is 3.11. The van der Waals surface area contributed by atoms with Gasteiger partial charge in [-0.2, -0.15) is 0 Å². The Bertz CT molecular complexity index is 375. The van der Waals surface area contributed by atoms with Crippen molar-refractivity contribution in [2.24, 2.45) is 0 Å². The fourth-order valence-corrected chi connectivity index (χ4v) is 2.12. The Labute approximate surface area is 99.1 Å². The first-order valence-corrected chi connectivity index (χ1v) is 5.40. The molecule has 0 aromatic heterocycles. The molecule has 0 unspecified atom stereocenters. The van der Waals surface area contributed by atoms with Crippen LogP contribution in [0.4, 0.5) is 0 Å². The molecule has 0 amide bonds. The van der Waals surface area contributed by atoms with Gasteiger partial charge in [-0.15, -0.1) is 11.6 Å². The second-order valence-electron chi connectivity index (χ2n) is 3.27. The van der Waals surface area contributed by atoms with Gasteiger partial charge in [0.05, 0.1) is 13.5 Å². The van der Waals surface area contributed by atoms with Crippen LogP contribution in [0, 0.1) is 6.92 Å².